The molecular weight excluding hydrogens is 216 g/mol. The highest BCUT2D eigenvalue weighted by atomic mass is 35.5. The van der Waals surface area contributed by atoms with E-state index in [2.05, 4.69) is 44.2 Å². The first-order valence-electron chi connectivity index (χ1n) is 5.56. The Hall–Kier alpha value is -1.27. The Morgan fingerprint density at radius 3 is 2.31 bits per heavy atom. The van der Waals surface area contributed by atoms with Gasteiger partial charge in [0.1, 0.15) is 0 Å². The molecule has 82 valence electrons. The maximum atomic E-state index is 6.03. The first kappa shape index (κ1) is 11.2. The van der Waals surface area contributed by atoms with Gasteiger partial charge in [-0.1, -0.05) is 48.9 Å². The van der Waals surface area contributed by atoms with Crippen molar-refractivity contribution in [3.05, 3.63) is 58.6 Å². The van der Waals surface area contributed by atoms with Gasteiger partial charge in [0.2, 0.25) is 0 Å². The Morgan fingerprint density at radius 1 is 1.00 bits per heavy atom. The molecule has 0 nitrogen and oxygen atoms in total. The normalized spacial score (nSPS) is 10.4. The minimum Gasteiger partial charge on any atom is -0.0843 e. The predicted octanol–water partition coefficient (Wildman–Crippen LogP) is 4.88. The van der Waals surface area contributed by atoms with Crippen molar-refractivity contribution in [2.24, 2.45) is 0 Å². The zero-order valence-corrected chi connectivity index (χ0v) is 10.4. The lowest BCUT2D eigenvalue weighted by Gasteiger charge is -2.07. The number of hydrogen-bond acceptors (Lipinski definition) is 0. The van der Waals surface area contributed by atoms with Gasteiger partial charge in [-0.05, 0) is 47.7 Å². The van der Waals surface area contributed by atoms with E-state index in [1.807, 2.05) is 12.1 Å². The van der Waals surface area contributed by atoms with E-state index in [1.54, 1.807) is 0 Å². The van der Waals surface area contributed by atoms with Crippen molar-refractivity contribution in [3.8, 4) is 11.1 Å². The lowest BCUT2D eigenvalue weighted by molar-refractivity contribution is 1.14. The summed E-state index contributed by atoms with van der Waals surface area (Å²) in [7, 11) is 0. The smallest absolute Gasteiger partial charge is 0.0412 e. The Labute approximate surface area is 102 Å². The minimum atomic E-state index is 0.792. The number of hydrogen-bond donors (Lipinski definition) is 0. The van der Waals surface area contributed by atoms with Gasteiger partial charge >= 0.3 is 0 Å². The molecule has 0 aliphatic heterocycles. The third-order valence-corrected chi connectivity index (χ3v) is 3.11. The second-order valence-electron chi connectivity index (χ2n) is 4.01. The van der Waals surface area contributed by atoms with E-state index in [0.29, 0.717) is 0 Å². The summed E-state index contributed by atoms with van der Waals surface area (Å²) in [5, 5.41) is 0.792. The molecule has 0 unspecified atom stereocenters. The van der Waals surface area contributed by atoms with Gasteiger partial charge < -0.3 is 0 Å². The van der Waals surface area contributed by atoms with Crippen molar-refractivity contribution in [3.63, 3.8) is 0 Å². The van der Waals surface area contributed by atoms with Gasteiger partial charge in [-0.25, -0.2) is 0 Å². The van der Waals surface area contributed by atoms with Crippen LogP contribution in [-0.4, -0.2) is 0 Å². The fraction of sp³-hybridized carbons (Fsp3) is 0.200. The average molecular weight is 231 g/mol. The van der Waals surface area contributed by atoms with Crippen LogP contribution in [-0.2, 0) is 6.42 Å². The number of halogens is 1. The van der Waals surface area contributed by atoms with Crippen molar-refractivity contribution in [1.82, 2.24) is 0 Å². The molecule has 16 heavy (non-hydrogen) atoms. The van der Waals surface area contributed by atoms with Crippen LogP contribution in [0.2, 0.25) is 5.02 Å². The molecule has 0 aliphatic carbocycles. The molecule has 2 aromatic rings. The number of aryl methyl sites for hydroxylation is 2. The summed E-state index contributed by atoms with van der Waals surface area (Å²) in [6, 6.07) is 14.7. The molecule has 2 aromatic carbocycles. The zero-order chi connectivity index (χ0) is 11.5. The Morgan fingerprint density at radius 2 is 1.69 bits per heavy atom. The molecule has 0 aromatic heterocycles. The van der Waals surface area contributed by atoms with Crippen molar-refractivity contribution in [2.75, 3.05) is 0 Å². The molecule has 0 radical (unpaired) electrons. The lowest BCUT2D eigenvalue weighted by Crippen LogP contribution is -1.85. The molecule has 0 saturated carbocycles. The topological polar surface area (TPSA) is 0 Å². The summed E-state index contributed by atoms with van der Waals surface area (Å²) >= 11 is 6.03. The van der Waals surface area contributed by atoms with Crippen molar-refractivity contribution >= 4 is 11.6 Å². The van der Waals surface area contributed by atoms with E-state index < -0.39 is 0 Å². The Balaban J connectivity index is 2.45. The van der Waals surface area contributed by atoms with Crippen LogP contribution >= 0.6 is 11.6 Å². The van der Waals surface area contributed by atoms with Crippen molar-refractivity contribution in [1.29, 1.82) is 0 Å². The van der Waals surface area contributed by atoms with Crippen LogP contribution in [0.1, 0.15) is 18.1 Å². The Bertz CT molecular complexity index is 483. The molecule has 1 heteroatoms. The molecule has 0 saturated heterocycles. The van der Waals surface area contributed by atoms with Crippen LogP contribution in [0.5, 0.6) is 0 Å². The van der Waals surface area contributed by atoms with Crippen LogP contribution in [0.25, 0.3) is 11.1 Å². The SMILES string of the molecule is CCc1ccc(-c2cc(Cl)ccc2C)cc1. The van der Waals surface area contributed by atoms with Gasteiger partial charge in [-0.15, -0.1) is 0 Å². The maximum absolute atomic E-state index is 6.03. The van der Waals surface area contributed by atoms with Gasteiger partial charge in [-0.3, -0.25) is 0 Å². The molecule has 0 spiro atoms. The monoisotopic (exact) mass is 230 g/mol. The highest BCUT2D eigenvalue weighted by Gasteiger charge is 2.02. The molecule has 0 atom stereocenters. The molecule has 0 heterocycles. The van der Waals surface area contributed by atoms with Gasteiger partial charge in [0, 0.05) is 5.02 Å². The predicted molar refractivity (Wildman–Crippen MR) is 71.0 cm³/mol. The molecule has 0 fully saturated rings. The standard InChI is InChI=1S/C15H15Cl/c1-3-12-5-7-13(8-6-12)15-10-14(16)9-4-11(15)2/h4-10H,3H2,1-2H3. The molecule has 0 amide bonds. The van der Waals surface area contributed by atoms with E-state index in [-0.39, 0.29) is 0 Å². The summed E-state index contributed by atoms with van der Waals surface area (Å²) in [6.45, 7) is 4.28. The minimum absolute atomic E-state index is 0.792. The first-order valence-corrected chi connectivity index (χ1v) is 5.94. The van der Waals surface area contributed by atoms with Crippen molar-refractivity contribution in [2.45, 2.75) is 20.3 Å². The van der Waals surface area contributed by atoms with Crippen LogP contribution in [0.3, 0.4) is 0 Å². The summed E-state index contributed by atoms with van der Waals surface area (Å²) in [5.41, 5.74) is 5.07. The molecular formula is C15H15Cl. The summed E-state index contributed by atoms with van der Waals surface area (Å²) < 4.78 is 0. The average Bonchev–Trinajstić information content (AvgIpc) is 2.32. The fourth-order valence-corrected chi connectivity index (χ4v) is 2.00. The highest BCUT2D eigenvalue weighted by molar-refractivity contribution is 6.30. The van der Waals surface area contributed by atoms with E-state index in [1.165, 1.54) is 22.3 Å². The van der Waals surface area contributed by atoms with Crippen molar-refractivity contribution < 1.29 is 0 Å². The fourth-order valence-electron chi connectivity index (χ4n) is 1.83. The van der Waals surface area contributed by atoms with Crippen LogP contribution < -0.4 is 0 Å². The third-order valence-electron chi connectivity index (χ3n) is 2.87. The van der Waals surface area contributed by atoms with Crippen LogP contribution in [0, 0.1) is 6.92 Å². The maximum Gasteiger partial charge on any atom is 0.0412 e. The highest BCUT2D eigenvalue weighted by Crippen LogP contribution is 2.26. The number of benzene rings is 2. The van der Waals surface area contributed by atoms with Gasteiger partial charge in [0.05, 0.1) is 0 Å². The van der Waals surface area contributed by atoms with Crippen LogP contribution in [0.4, 0.5) is 0 Å². The van der Waals surface area contributed by atoms with Gasteiger partial charge in [0.25, 0.3) is 0 Å². The van der Waals surface area contributed by atoms with Gasteiger partial charge in [-0.2, -0.15) is 0 Å². The summed E-state index contributed by atoms with van der Waals surface area (Å²) in [4.78, 5) is 0. The largest absolute Gasteiger partial charge is 0.0843 e. The molecule has 0 aliphatic rings. The van der Waals surface area contributed by atoms with Crippen LogP contribution in [0.15, 0.2) is 42.5 Å². The van der Waals surface area contributed by atoms with E-state index in [0.717, 1.165) is 11.4 Å². The zero-order valence-electron chi connectivity index (χ0n) is 9.63. The first-order chi connectivity index (χ1) is 7.70. The number of rotatable bonds is 2. The molecule has 0 bridgehead atoms. The summed E-state index contributed by atoms with van der Waals surface area (Å²) in [6.07, 6.45) is 1.08. The van der Waals surface area contributed by atoms with E-state index in [4.69, 9.17) is 11.6 Å². The quantitative estimate of drug-likeness (QED) is 0.690. The third kappa shape index (κ3) is 2.28. The Kier molecular flexibility index (Phi) is 3.31. The summed E-state index contributed by atoms with van der Waals surface area (Å²) in [5.74, 6) is 0. The molecule has 2 rings (SSSR count). The second kappa shape index (κ2) is 4.71. The lowest BCUT2D eigenvalue weighted by atomic mass is 9.99. The molecule has 0 N–H and O–H groups in total. The van der Waals surface area contributed by atoms with E-state index in [9.17, 15) is 0 Å². The second-order valence-corrected chi connectivity index (χ2v) is 4.45. The van der Waals surface area contributed by atoms with E-state index >= 15 is 0 Å². The van der Waals surface area contributed by atoms with Gasteiger partial charge in [0.15, 0.2) is 0 Å².